The van der Waals surface area contributed by atoms with Crippen LogP contribution < -0.4 is 0 Å². The fraction of sp³-hybridized carbons (Fsp3) is 0.525. The van der Waals surface area contributed by atoms with E-state index in [2.05, 4.69) is 66.0 Å². The van der Waals surface area contributed by atoms with Gasteiger partial charge in [0.2, 0.25) is 5.83 Å². The van der Waals surface area contributed by atoms with Gasteiger partial charge in [-0.05, 0) is 69.5 Å². The Bertz CT molecular complexity index is 1500. The van der Waals surface area contributed by atoms with Gasteiger partial charge in [0.05, 0.1) is 39.8 Å². The Morgan fingerprint density at radius 2 is 1.48 bits per heavy atom. The van der Waals surface area contributed by atoms with E-state index in [1.54, 1.807) is 12.2 Å². The molecule has 16 heteroatoms. The number of aliphatic hydroxyl groups is 1. The van der Waals surface area contributed by atoms with Crippen LogP contribution in [0.15, 0.2) is 61.0 Å². The number of carbonyl (C=O) groups excluding carboxylic acids is 7. The number of ether oxygens (including phenoxy) is 5. The number of methoxy groups -OCH3 is 4. The molecule has 1 saturated heterocycles. The van der Waals surface area contributed by atoms with Crippen molar-refractivity contribution >= 4 is 54.3 Å². The summed E-state index contributed by atoms with van der Waals surface area (Å²) in [4.78, 5) is 74.5. The molecular formula is C40H56FNO13S. The van der Waals surface area contributed by atoms with E-state index in [1.165, 1.54) is 46.9 Å². The maximum Gasteiger partial charge on any atom is 0.383 e. The third-order valence-electron chi connectivity index (χ3n) is 8.98. The molecule has 1 N–H and O–H groups in total. The zero-order chi connectivity index (χ0) is 43.8. The van der Waals surface area contributed by atoms with Gasteiger partial charge in [0, 0.05) is 44.2 Å². The number of thiol groups is 1. The molecule has 2 heterocycles. The van der Waals surface area contributed by atoms with Crippen LogP contribution in [0, 0.1) is 47.3 Å². The normalized spacial score (nSPS) is 25.6. The number of hydrogen-bond acceptors (Lipinski definition) is 14. The van der Waals surface area contributed by atoms with Gasteiger partial charge in [-0.3, -0.25) is 24.1 Å². The van der Waals surface area contributed by atoms with Crippen LogP contribution in [0.1, 0.15) is 46.0 Å². The van der Waals surface area contributed by atoms with Crippen molar-refractivity contribution in [3.05, 3.63) is 61.0 Å². The smallest absolute Gasteiger partial charge is 0.383 e. The summed E-state index contributed by atoms with van der Waals surface area (Å²) in [5.41, 5.74) is 0.367. The average Bonchev–Trinajstić information content (AvgIpc) is 4.09. The Hall–Kier alpha value is -5.01. The van der Waals surface area contributed by atoms with Crippen LogP contribution >= 0.6 is 12.6 Å². The maximum atomic E-state index is 11.5. The second kappa shape index (κ2) is 27.6. The SMILES string of the molecule is C#CC(=O)OC.C=C(F)C(=O)OC.C=C1CC(C)OC1=O.CN1C(=O)C=CC1=O.CO.COC(=O)C1(C)CC2C=CC1C2.COC(=O)C1CC2C=CC1C2.CS. The van der Waals surface area contributed by atoms with E-state index < -0.39 is 17.8 Å². The number of cyclic esters (lactones) is 1. The van der Waals surface area contributed by atoms with Gasteiger partial charge in [-0.1, -0.05) is 37.5 Å². The molecule has 312 valence electrons. The number of likely N-dealkylation sites (N-methyl/N-ethyl adjacent to an activating group) is 1. The topological polar surface area (TPSA) is 189 Å². The molecule has 0 radical (unpaired) electrons. The van der Waals surface area contributed by atoms with Gasteiger partial charge in [0.15, 0.2) is 0 Å². The average molecular weight is 810 g/mol. The summed E-state index contributed by atoms with van der Waals surface area (Å²) in [7, 11) is 7.72. The molecule has 2 amide bonds. The fourth-order valence-electron chi connectivity index (χ4n) is 6.15. The van der Waals surface area contributed by atoms with Gasteiger partial charge >= 0.3 is 29.8 Å². The highest BCUT2D eigenvalue weighted by Crippen LogP contribution is 2.52. The van der Waals surface area contributed by atoms with Gasteiger partial charge in [-0.2, -0.15) is 17.0 Å². The Morgan fingerprint density at radius 1 is 0.929 bits per heavy atom. The number of imide groups is 1. The van der Waals surface area contributed by atoms with Crippen LogP contribution in [-0.4, -0.2) is 107 Å². The highest BCUT2D eigenvalue weighted by atomic mass is 32.1. The molecule has 2 aliphatic heterocycles. The predicted molar refractivity (Wildman–Crippen MR) is 209 cm³/mol. The minimum Gasteiger partial charge on any atom is -0.469 e. The summed E-state index contributed by atoms with van der Waals surface area (Å²) < 4.78 is 33.6. The highest BCUT2D eigenvalue weighted by Gasteiger charge is 2.50. The fourth-order valence-corrected chi connectivity index (χ4v) is 6.15. The molecular weight excluding hydrogens is 753 g/mol. The molecule has 6 rings (SSSR count). The first-order chi connectivity index (χ1) is 26.4. The van der Waals surface area contributed by atoms with E-state index in [0.717, 1.165) is 38.4 Å². The van der Waals surface area contributed by atoms with Crippen LogP contribution in [0.5, 0.6) is 0 Å². The number of amides is 2. The van der Waals surface area contributed by atoms with E-state index >= 15 is 0 Å². The number of fused-ring (bicyclic) bond motifs is 4. The standard InChI is InChI=1S/C10H14O2.C9H12O2.C6H8O2.C5H5NO2.C4H5FO2.C4H4O2.CH4O.CH4S/c1-10(9(11)12-2)6-7-3-4-8(10)5-7;1-11-9(10)8-5-6-2-3-7(8)4-6;1-4-3-5(2)8-6(4)7;1-6-4(7)2-3-5(6)8;1-3(5)4(6)7-2;1-3-4(5)6-2;2*1-2/h3-4,7-8H,5-6H2,1-2H3;2-3,6-8H,4-5H2,1H3;5H,1,3H2,2H3;2-3H,1H3;1H2,2H3;1H,2H3;2*2H,1H3. The number of carbonyl (C=O) groups is 7. The molecule has 7 unspecified atom stereocenters. The van der Waals surface area contributed by atoms with Gasteiger partial charge in [-0.15, -0.1) is 6.42 Å². The largest absolute Gasteiger partial charge is 0.469 e. The third kappa shape index (κ3) is 17.2. The van der Waals surface area contributed by atoms with Crippen molar-refractivity contribution in [1.82, 2.24) is 4.90 Å². The van der Waals surface area contributed by atoms with E-state index in [9.17, 15) is 38.0 Å². The van der Waals surface area contributed by atoms with Crippen molar-refractivity contribution in [2.75, 3.05) is 48.9 Å². The van der Waals surface area contributed by atoms with E-state index in [-0.39, 0.29) is 47.2 Å². The molecule has 4 aliphatic carbocycles. The zero-order valence-electron chi connectivity index (χ0n) is 33.6. The summed E-state index contributed by atoms with van der Waals surface area (Å²) in [6, 6.07) is 0. The number of halogens is 1. The van der Waals surface area contributed by atoms with Crippen LogP contribution in [-0.2, 0) is 57.2 Å². The lowest BCUT2D eigenvalue weighted by Gasteiger charge is -2.27. The lowest BCUT2D eigenvalue weighted by molar-refractivity contribution is -0.153. The monoisotopic (exact) mass is 809 g/mol. The van der Waals surface area contributed by atoms with Gasteiger partial charge in [-0.25, -0.2) is 14.4 Å². The maximum absolute atomic E-state index is 11.5. The molecule has 4 bridgehead atoms. The number of terminal acetylenes is 1. The lowest BCUT2D eigenvalue weighted by atomic mass is 9.78. The van der Waals surface area contributed by atoms with Crippen molar-refractivity contribution in [1.29, 1.82) is 0 Å². The number of esters is 5. The second-order valence-corrected chi connectivity index (χ2v) is 12.6. The Morgan fingerprint density at radius 3 is 1.70 bits per heavy atom. The van der Waals surface area contributed by atoms with Crippen molar-refractivity contribution in [3.8, 4) is 12.3 Å². The number of aliphatic hydroxyl groups excluding tert-OH is 1. The van der Waals surface area contributed by atoms with Gasteiger partial charge < -0.3 is 28.8 Å². The number of hydrogen-bond donors (Lipinski definition) is 2. The van der Waals surface area contributed by atoms with E-state index in [1.807, 2.05) is 13.8 Å². The molecule has 56 heavy (non-hydrogen) atoms. The Kier molecular flexibility index (Phi) is 26.1. The number of rotatable bonds is 3. The van der Waals surface area contributed by atoms with Crippen LogP contribution in [0.2, 0.25) is 0 Å². The van der Waals surface area contributed by atoms with Crippen molar-refractivity contribution in [2.45, 2.75) is 52.1 Å². The van der Waals surface area contributed by atoms with Crippen LogP contribution in [0.3, 0.4) is 0 Å². The molecule has 14 nitrogen and oxygen atoms in total. The number of nitrogens with zero attached hydrogens (tertiary/aromatic N) is 1. The Balaban J connectivity index is 0. The van der Waals surface area contributed by atoms with Crippen molar-refractivity contribution < 1.29 is 66.7 Å². The molecule has 3 fully saturated rings. The molecule has 0 aromatic carbocycles. The molecule has 2 saturated carbocycles. The van der Waals surface area contributed by atoms with Crippen molar-refractivity contribution in [2.24, 2.45) is 35.0 Å². The summed E-state index contributed by atoms with van der Waals surface area (Å²) in [5, 5.41) is 7.00. The van der Waals surface area contributed by atoms with E-state index in [4.69, 9.17) is 19.3 Å². The van der Waals surface area contributed by atoms with Crippen molar-refractivity contribution in [3.63, 3.8) is 0 Å². The summed E-state index contributed by atoms with van der Waals surface area (Å²) in [5.74, 6) is 0.602. The quantitative estimate of drug-likeness (QED) is 0.0606. The highest BCUT2D eigenvalue weighted by molar-refractivity contribution is 7.79. The molecule has 0 aromatic rings. The Labute approximate surface area is 334 Å². The van der Waals surface area contributed by atoms with Crippen LogP contribution in [0.25, 0.3) is 0 Å². The van der Waals surface area contributed by atoms with Gasteiger partial charge in [0.25, 0.3) is 11.8 Å². The molecule has 0 spiro atoms. The second-order valence-electron chi connectivity index (χ2n) is 12.6. The van der Waals surface area contributed by atoms with Crippen LogP contribution in [0.4, 0.5) is 4.39 Å². The molecule has 6 aliphatic rings. The first-order valence-electron chi connectivity index (χ1n) is 17.2. The first-order valence-corrected chi connectivity index (χ1v) is 18.1. The first kappa shape index (κ1) is 53.1. The summed E-state index contributed by atoms with van der Waals surface area (Å²) >= 11 is 3.53. The molecule has 7 atom stereocenters. The molecule has 0 aromatic heterocycles. The lowest BCUT2D eigenvalue weighted by Crippen LogP contribution is -2.32. The third-order valence-corrected chi connectivity index (χ3v) is 8.98. The zero-order valence-corrected chi connectivity index (χ0v) is 34.5. The summed E-state index contributed by atoms with van der Waals surface area (Å²) in [6.45, 7) is 10.1. The predicted octanol–water partition coefficient (Wildman–Crippen LogP) is 4.14. The minimum absolute atomic E-state index is 0.0261. The van der Waals surface area contributed by atoms with Gasteiger partial charge in [0.1, 0.15) is 6.10 Å². The summed E-state index contributed by atoms with van der Waals surface area (Å²) in [6.07, 6.45) is 22.6. The number of allylic oxidation sites excluding steroid dienone is 4. The minimum atomic E-state index is -1.07. The van der Waals surface area contributed by atoms with E-state index in [0.29, 0.717) is 35.7 Å².